The van der Waals surface area contributed by atoms with E-state index in [2.05, 4.69) is 45.4 Å². The van der Waals surface area contributed by atoms with Crippen LogP contribution in [0.3, 0.4) is 0 Å². The van der Waals surface area contributed by atoms with E-state index in [-0.39, 0.29) is 0 Å². The standard InChI is InChI=1S/C18H25N3OS/c1-14(16-9-11-23-13-16)12-21-18(19-2)20-10-8-15-6-4-5-7-17(15)22-3/h4-7,9,11,13-14H,8,10,12H2,1-3H3,(H2,19,20,21). The highest BCUT2D eigenvalue weighted by Gasteiger charge is 2.07. The maximum absolute atomic E-state index is 5.38. The highest BCUT2D eigenvalue weighted by atomic mass is 32.1. The van der Waals surface area contributed by atoms with Crippen molar-refractivity contribution < 1.29 is 4.74 Å². The molecule has 4 nitrogen and oxygen atoms in total. The monoisotopic (exact) mass is 331 g/mol. The maximum atomic E-state index is 5.38. The van der Waals surface area contributed by atoms with Crippen LogP contribution in [0.5, 0.6) is 5.75 Å². The minimum absolute atomic E-state index is 0.467. The van der Waals surface area contributed by atoms with Crippen LogP contribution in [-0.4, -0.2) is 33.2 Å². The Morgan fingerprint density at radius 3 is 2.78 bits per heavy atom. The van der Waals surface area contributed by atoms with Crippen molar-refractivity contribution >= 4 is 17.3 Å². The Labute approximate surface area is 142 Å². The molecule has 0 spiro atoms. The number of nitrogens with one attached hydrogen (secondary N) is 2. The molecule has 1 aromatic carbocycles. The quantitative estimate of drug-likeness (QED) is 0.605. The average Bonchev–Trinajstić information content (AvgIpc) is 3.12. The SMILES string of the molecule is CN=C(NCCc1ccccc1OC)NCC(C)c1ccsc1. The van der Waals surface area contributed by atoms with Crippen molar-refractivity contribution in [1.29, 1.82) is 0 Å². The molecule has 1 unspecified atom stereocenters. The third-order valence-corrected chi connectivity index (χ3v) is 4.49. The molecular weight excluding hydrogens is 306 g/mol. The van der Waals surface area contributed by atoms with Gasteiger partial charge in [0.1, 0.15) is 5.75 Å². The molecule has 0 saturated carbocycles. The summed E-state index contributed by atoms with van der Waals surface area (Å²) in [7, 11) is 3.51. The van der Waals surface area contributed by atoms with E-state index < -0.39 is 0 Å². The molecule has 0 amide bonds. The number of benzene rings is 1. The summed E-state index contributed by atoms with van der Waals surface area (Å²) in [6.07, 6.45) is 0.894. The van der Waals surface area contributed by atoms with E-state index in [1.54, 1.807) is 25.5 Å². The molecule has 1 aromatic heterocycles. The molecule has 2 aromatic rings. The van der Waals surface area contributed by atoms with Crippen LogP contribution in [0.2, 0.25) is 0 Å². The van der Waals surface area contributed by atoms with Crippen molar-refractivity contribution in [3.05, 3.63) is 52.2 Å². The van der Waals surface area contributed by atoms with Crippen LogP contribution in [0.4, 0.5) is 0 Å². The summed E-state index contributed by atoms with van der Waals surface area (Å²) < 4.78 is 5.38. The number of nitrogens with zero attached hydrogens (tertiary/aromatic N) is 1. The van der Waals surface area contributed by atoms with Gasteiger partial charge in [0.25, 0.3) is 0 Å². The van der Waals surface area contributed by atoms with Crippen molar-refractivity contribution in [3.8, 4) is 5.75 Å². The number of para-hydroxylation sites is 1. The summed E-state index contributed by atoms with van der Waals surface area (Å²) in [4.78, 5) is 4.28. The largest absolute Gasteiger partial charge is 0.496 e. The van der Waals surface area contributed by atoms with Gasteiger partial charge in [0.15, 0.2) is 5.96 Å². The molecule has 1 atom stereocenters. The summed E-state index contributed by atoms with van der Waals surface area (Å²) in [5.41, 5.74) is 2.57. The fraction of sp³-hybridized carbons (Fsp3) is 0.389. The van der Waals surface area contributed by atoms with Crippen LogP contribution in [-0.2, 0) is 6.42 Å². The highest BCUT2D eigenvalue weighted by Crippen LogP contribution is 2.18. The summed E-state index contributed by atoms with van der Waals surface area (Å²) in [6.45, 7) is 3.90. The molecule has 1 heterocycles. The van der Waals surface area contributed by atoms with Crippen molar-refractivity contribution in [2.75, 3.05) is 27.2 Å². The third-order valence-electron chi connectivity index (χ3n) is 3.79. The fourth-order valence-electron chi connectivity index (χ4n) is 2.37. The van der Waals surface area contributed by atoms with Gasteiger partial charge in [-0.1, -0.05) is 25.1 Å². The van der Waals surface area contributed by atoms with Gasteiger partial charge in [0.2, 0.25) is 0 Å². The van der Waals surface area contributed by atoms with Crippen molar-refractivity contribution in [2.24, 2.45) is 4.99 Å². The van der Waals surface area contributed by atoms with Crippen LogP contribution in [0.1, 0.15) is 24.0 Å². The first-order valence-electron chi connectivity index (χ1n) is 7.83. The summed E-state index contributed by atoms with van der Waals surface area (Å²) in [5.74, 6) is 2.24. The van der Waals surface area contributed by atoms with E-state index in [0.29, 0.717) is 5.92 Å². The van der Waals surface area contributed by atoms with E-state index in [4.69, 9.17) is 4.74 Å². The Bertz CT molecular complexity index is 610. The molecule has 0 aliphatic rings. The molecule has 0 aliphatic heterocycles. The van der Waals surface area contributed by atoms with Gasteiger partial charge in [-0.3, -0.25) is 4.99 Å². The third kappa shape index (κ3) is 5.28. The summed E-state index contributed by atoms with van der Waals surface area (Å²) in [5, 5.41) is 11.1. The summed E-state index contributed by atoms with van der Waals surface area (Å²) >= 11 is 1.74. The first-order valence-corrected chi connectivity index (χ1v) is 8.77. The van der Waals surface area contributed by atoms with Gasteiger partial charge in [0, 0.05) is 20.1 Å². The lowest BCUT2D eigenvalue weighted by molar-refractivity contribution is 0.409. The molecule has 2 N–H and O–H groups in total. The molecule has 0 saturated heterocycles. The molecule has 5 heteroatoms. The molecule has 0 fully saturated rings. The zero-order chi connectivity index (χ0) is 16.5. The molecule has 23 heavy (non-hydrogen) atoms. The number of hydrogen-bond acceptors (Lipinski definition) is 3. The number of rotatable bonds is 7. The second kappa shape index (κ2) is 9.20. The molecule has 2 rings (SSSR count). The van der Waals surface area contributed by atoms with Gasteiger partial charge in [-0.05, 0) is 46.4 Å². The molecule has 124 valence electrons. The van der Waals surface area contributed by atoms with Crippen LogP contribution in [0, 0.1) is 0 Å². The van der Waals surface area contributed by atoms with Crippen LogP contribution in [0.25, 0.3) is 0 Å². The fourth-order valence-corrected chi connectivity index (χ4v) is 3.15. The normalized spacial score (nSPS) is 12.7. The Hall–Kier alpha value is -2.01. The van der Waals surface area contributed by atoms with Gasteiger partial charge in [0.05, 0.1) is 7.11 Å². The van der Waals surface area contributed by atoms with Crippen LogP contribution in [0.15, 0.2) is 46.1 Å². The lowest BCUT2D eigenvalue weighted by atomic mass is 10.1. The van der Waals surface area contributed by atoms with Gasteiger partial charge in [-0.15, -0.1) is 0 Å². The number of aliphatic imine (C=N–C) groups is 1. The first-order chi connectivity index (χ1) is 11.2. The van der Waals surface area contributed by atoms with E-state index in [9.17, 15) is 0 Å². The lowest BCUT2D eigenvalue weighted by Gasteiger charge is -2.16. The van der Waals surface area contributed by atoms with E-state index in [1.807, 2.05) is 18.2 Å². The smallest absolute Gasteiger partial charge is 0.191 e. The number of ether oxygens (including phenoxy) is 1. The first kappa shape index (κ1) is 17.3. The van der Waals surface area contributed by atoms with Gasteiger partial charge in [-0.2, -0.15) is 11.3 Å². The average molecular weight is 331 g/mol. The molecule has 0 bridgehead atoms. The number of hydrogen-bond donors (Lipinski definition) is 2. The second-order valence-electron chi connectivity index (χ2n) is 5.40. The minimum atomic E-state index is 0.467. The zero-order valence-electron chi connectivity index (χ0n) is 14.0. The van der Waals surface area contributed by atoms with Gasteiger partial charge in [-0.25, -0.2) is 0 Å². The Balaban J connectivity index is 1.77. The maximum Gasteiger partial charge on any atom is 0.191 e. The predicted molar refractivity (Wildman–Crippen MR) is 98.8 cm³/mol. The molecule has 0 radical (unpaired) electrons. The predicted octanol–water partition coefficient (Wildman–Crippen LogP) is 3.27. The number of guanidine groups is 1. The van der Waals surface area contributed by atoms with Crippen LogP contribution < -0.4 is 15.4 Å². The minimum Gasteiger partial charge on any atom is -0.496 e. The highest BCUT2D eigenvalue weighted by molar-refractivity contribution is 7.07. The lowest BCUT2D eigenvalue weighted by Crippen LogP contribution is -2.39. The van der Waals surface area contributed by atoms with Crippen molar-refractivity contribution in [2.45, 2.75) is 19.3 Å². The number of thiophene rings is 1. The second-order valence-corrected chi connectivity index (χ2v) is 6.18. The van der Waals surface area contributed by atoms with E-state index in [1.165, 1.54) is 11.1 Å². The topological polar surface area (TPSA) is 45.7 Å². The van der Waals surface area contributed by atoms with Crippen molar-refractivity contribution in [1.82, 2.24) is 10.6 Å². The number of methoxy groups -OCH3 is 1. The van der Waals surface area contributed by atoms with Crippen LogP contribution >= 0.6 is 11.3 Å². The Morgan fingerprint density at radius 1 is 1.26 bits per heavy atom. The van der Waals surface area contributed by atoms with E-state index in [0.717, 1.165) is 31.2 Å². The zero-order valence-corrected chi connectivity index (χ0v) is 14.8. The van der Waals surface area contributed by atoms with Gasteiger partial charge >= 0.3 is 0 Å². The summed E-state index contributed by atoms with van der Waals surface area (Å²) in [6, 6.07) is 10.3. The van der Waals surface area contributed by atoms with Crippen molar-refractivity contribution in [3.63, 3.8) is 0 Å². The molecule has 0 aliphatic carbocycles. The van der Waals surface area contributed by atoms with E-state index >= 15 is 0 Å². The molecular formula is C18H25N3OS. The Morgan fingerprint density at radius 2 is 2.09 bits per heavy atom. The van der Waals surface area contributed by atoms with Gasteiger partial charge < -0.3 is 15.4 Å². The Kier molecular flexibility index (Phi) is 6.94.